The molecule has 1 heterocycles. The van der Waals surface area contributed by atoms with Crippen molar-refractivity contribution in [1.29, 1.82) is 0 Å². The van der Waals surface area contributed by atoms with Gasteiger partial charge in [0, 0.05) is 5.69 Å². The molecule has 0 saturated heterocycles. The summed E-state index contributed by atoms with van der Waals surface area (Å²) in [4.78, 5) is 26.6. The molecular formula is C25H23NO7. The van der Waals surface area contributed by atoms with Gasteiger partial charge in [0.05, 0.1) is 33.8 Å². The third-order valence-corrected chi connectivity index (χ3v) is 5.73. The zero-order chi connectivity index (χ0) is 23.7. The molecule has 0 radical (unpaired) electrons. The highest BCUT2D eigenvalue weighted by Gasteiger charge is 2.36. The molecule has 170 valence electrons. The monoisotopic (exact) mass is 449 g/mol. The fourth-order valence-corrected chi connectivity index (χ4v) is 4.13. The fraction of sp³-hybridized carbons (Fsp3) is 0.200. The van der Waals surface area contributed by atoms with E-state index in [2.05, 4.69) is 0 Å². The lowest BCUT2D eigenvalue weighted by molar-refractivity contribution is -0.118. The Balaban J connectivity index is 1.95. The lowest BCUT2D eigenvalue weighted by Crippen LogP contribution is -2.41. The van der Waals surface area contributed by atoms with Crippen molar-refractivity contribution in [2.24, 2.45) is 0 Å². The van der Waals surface area contributed by atoms with Gasteiger partial charge in [0.25, 0.3) is 0 Å². The second-order valence-electron chi connectivity index (χ2n) is 7.53. The van der Waals surface area contributed by atoms with Crippen LogP contribution in [0.15, 0.2) is 54.6 Å². The Morgan fingerprint density at radius 1 is 0.939 bits per heavy atom. The molecule has 3 aromatic rings. The molecule has 1 aliphatic heterocycles. The number of amides is 1. The van der Waals surface area contributed by atoms with Crippen LogP contribution < -0.4 is 19.1 Å². The lowest BCUT2D eigenvalue weighted by Gasteiger charge is -2.38. The summed E-state index contributed by atoms with van der Waals surface area (Å²) >= 11 is 0. The first-order valence-electron chi connectivity index (χ1n) is 10.1. The van der Waals surface area contributed by atoms with E-state index in [4.69, 9.17) is 14.2 Å². The number of hydrogen-bond donors (Lipinski definition) is 2. The van der Waals surface area contributed by atoms with Crippen LogP contribution in [0.2, 0.25) is 0 Å². The molecule has 1 aliphatic rings. The topological polar surface area (TPSA) is 106 Å². The van der Waals surface area contributed by atoms with Crippen molar-refractivity contribution >= 4 is 17.6 Å². The molecule has 0 saturated carbocycles. The highest BCUT2D eigenvalue weighted by Crippen LogP contribution is 2.44. The first kappa shape index (κ1) is 22.0. The number of aromatic hydroxyl groups is 1. The largest absolute Gasteiger partial charge is 0.507 e. The Hall–Kier alpha value is -4.20. The van der Waals surface area contributed by atoms with Gasteiger partial charge in [0.15, 0.2) is 11.5 Å². The third kappa shape index (κ3) is 3.91. The zero-order valence-electron chi connectivity index (χ0n) is 18.4. The van der Waals surface area contributed by atoms with Crippen molar-refractivity contribution in [3.05, 3.63) is 76.9 Å². The van der Waals surface area contributed by atoms with Gasteiger partial charge in [-0.3, -0.25) is 4.79 Å². The highest BCUT2D eigenvalue weighted by atomic mass is 16.5. The van der Waals surface area contributed by atoms with Gasteiger partial charge in [-0.05, 0) is 59.2 Å². The van der Waals surface area contributed by atoms with Gasteiger partial charge in [0.1, 0.15) is 17.1 Å². The number of aromatic carboxylic acids is 1. The van der Waals surface area contributed by atoms with Gasteiger partial charge >= 0.3 is 5.97 Å². The number of ether oxygens (including phenoxy) is 3. The molecule has 3 aromatic carbocycles. The standard InChI is InChI=1S/C25H23NO7/c1-31-17-7-4-14(5-8-17)24-18-13-22(33-3)21(32-2)10-15(18)11-23(28)26(24)16-6-9-20(27)19(12-16)25(29)30/h4-10,12-13,24,27H,11H2,1-3H3,(H,29,30). The number of benzene rings is 3. The van der Waals surface area contributed by atoms with Crippen LogP contribution in [0.4, 0.5) is 5.69 Å². The molecule has 0 spiro atoms. The summed E-state index contributed by atoms with van der Waals surface area (Å²) in [6.07, 6.45) is 0.0889. The summed E-state index contributed by atoms with van der Waals surface area (Å²) in [5, 5.41) is 19.4. The molecule has 1 atom stereocenters. The molecule has 8 heteroatoms. The van der Waals surface area contributed by atoms with Crippen molar-refractivity contribution in [2.45, 2.75) is 12.5 Å². The molecule has 2 N–H and O–H groups in total. The molecule has 4 rings (SSSR count). The molecule has 0 fully saturated rings. The zero-order valence-corrected chi connectivity index (χ0v) is 18.4. The number of phenols is 1. The van der Waals surface area contributed by atoms with Crippen LogP contribution in [0.5, 0.6) is 23.0 Å². The van der Waals surface area contributed by atoms with Gasteiger partial charge < -0.3 is 29.3 Å². The predicted molar refractivity (Wildman–Crippen MR) is 121 cm³/mol. The van der Waals surface area contributed by atoms with Crippen LogP contribution in [-0.2, 0) is 11.2 Å². The molecule has 8 nitrogen and oxygen atoms in total. The van der Waals surface area contributed by atoms with E-state index in [0.29, 0.717) is 22.9 Å². The lowest BCUT2D eigenvalue weighted by atomic mass is 9.86. The van der Waals surface area contributed by atoms with Crippen LogP contribution in [0, 0.1) is 0 Å². The summed E-state index contributed by atoms with van der Waals surface area (Å²) in [6.45, 7) is 0. The first-order valence-corrected chi connectivity index (χ1v) is 10.1. The minimum atomic E-state index is -1.29. The Kier molecular flexibility index (Phi) is 5.83. The maximum atomic E-state index is 13.4. The molecule has 0 aromatic heterocycles. The summed E-state index contributed by atoms with van der Waals surface area (Å²) in [6, 6.07) is 14.5. The van der Waals surface area contributed by atoms with Crippen molar-refractivity contribution < 1.29 is 34.0 Å². The summed E-state index contributed by atoms with van der Waals surface area (Å²) < 4.78 is 16.2. The number of rotatable bonds is 6. The van der Waals surface area contributed by atoms with Crippen molar-refractivity contribution in [2.75, 3.05) is 26.2 Å². The van der Waals surface area contributed by atoms with Crippen LogP contribution in [0.25, 0.3) is 0 Å². The Morgan fingerprint density at radius 3 is 2.21 bits per heavy atom. The van der Waals surface area contributed by atoms with E-state index >= 15 is 0 Å². The molecule has 1 unspecified atom stereocenters. The summed E-state index contributed by atoms with van der Waals surface area (Å²) in [5.74, 6) is -0.185. The molecule has 1 amide bonds. The maximum Gasteiger partial charge on any atom is 0.339 e. The molecule has 0 bridgehead atoms. The molecular weight excluding hydrogens is 426 g/mol. The van der Waals surface area contributed by atoms with Crippen molar-refractivity contribution in [3.8, 4) is 23.0 Å². The van der Waals surface area contributed by atoms with Gasteiger partial charge in [-0.1, -0.05) is 12.1 Å². The van der Waals surface area contributed by atoms with Crippen LogP contribution >= 0.6 is 0 Å². The van der Waals surface area contributed by atoms with Crippen LogP contribution in [0.1, 0.15) is 33.1 Å². The normalized spacial score (nSPS) is 15.1. The highest BCUT2D eigenvalue weighted by molar-refractivity contribution is 6.00. The number of carboxylic acids is 1. The minimum absolute atomic E-state index is 0.0889. The fourth-order valence-electron chi connectivity index (χ4n) is 4.13. The Bertz CT molecular complexity index is 1220. The van der Waals surface area contributed by atoms with E-state index in [0.717, 1.165) is 16.7 Å². The Morgan fingerprint density at radius 2 is 1.61 bits per heavy atom. The average Bonchev–Trinajstić information content (AvgIpc) is 2.82. The van der Waals surface area contributed by atoms with E-state index in [9.17, 15) is 19.8 Å². The summed E-state index contributed by atoms with van der Waals surface area (Å²) in [7, 11) is 4.64. The van der Waals surface area contributed by atoms with Gasteiger partial charge in [0.2, 0.25) is 5.91 Å². The number of carboxylic acid groups (broad SMARTS) is 1. The quantitative estimate of drug-likeness (QED) is 0.590. The third-order valence-electron chi connectivity index (χ3n) is 5.73. The van der Waals surface area contributed by atoms with Gasteiger partial charge in [-0.25, -0.2) is 4.79 Å². The van der Waals surface area contributed by atoms with E-state index in [1.807, 2.05) is 18.2 Å². The minimum Gasteiger partial charge on any atom is -0.507 e. The number of methoxy groups -OCH3 is 3. The van der Waals surface area contributed by atoms with Gasteiger partial charge in [-0.2, -0.15) is 0 Å². The van der Waals surface area contributed by atoms with E-state index in [1.165, 1.54) is 32.4 Å². The first-order chi connectivity index (χ1) is 15.9. The number of anilines is 1. The van der Waals surface area contributed by atoms with Gasteiger partial charge in [-0.15, -0.1) is 0 Å². The molecule has 33 heavy (non-hydrogen) atoms. The number of carbonyl (C=O) groups is 2. The van der Waals surface area contributed by atoms with E-state index < -0.39 is 12.0 Å². The summed E-state index contributed by atoms with van der Waals surface area (Å²) in [5.41, 5.74) is 2.47. The number of carbonyl (C=O) groups excluding carboxylic acids is 1. The average molecular weight is 449 g/mol. The van der Waals surface area contributed by atoms with E-state index in [-0.39, 0.29) is 23.6 Å². The van der Waals surface area contributed by atoms with Crippen LogP contribution in [0.3, 0.4) is 0 Å². The van der Waals surface area contributed by atoms with Crippen LogP contribution in [-0.4, -0.2) is 43.4 Å². The Labute approximate surface area is 190 Å². The number of nitrogens with zero attached hydrogens (tertiary/aromatic N) is 1. The molecule has 0 aliphatic carbocycles. The maximum absolute atomic E-state index is 13.4. The number of hydrogen-bond acceptors (Lipinski definition) is 6. The van der Waals surface area contributed by atoms with Crippen molar-refractivity contribution in [3.63, 3.8) is 0 Å². The van der Waals surface area contributed by atoms with E-state index in [1.54, 1.807) is 30.2 Å². The predicted octanol–water partition coefficient (Wildman–Crippen LogP) is 3.79. The smallest absolute Gasteiger partial charge is 0.339 e. The van der Waals surface area contributed by atoms with Crippen molar-refractivity contribution in [1.82, 2.24) is 0 Å². The SMILES string of the molecule is COc1ccc(C2c3cc(OC)c(OC)cc3CC(=O)N2c2ccc(O)c(C(=O)O)c2)cc1. The number of fused-ring (bicyclic) bond motifs is 1. The second-order valence-corrected chi connectivity index (χ2v) is 7.53. The second kappa shape index (κ2) is 8.74.